The summed E-state index contributed by atoms with van der Waals surface area (Å²) < 4.78 is 25.4. The monoisotopic (exact) mass is 360 g/mol. The van der Waals surface area contributed by atoms with Gasteiger partial charge in [-0.25, -0.2) is 8.42 Å². The quantitative estimate of drug-likeness (QED) is 0.825. The van der Waals surface area contributed by atoms with Crippen LogP contribution in [0.5, 0.6) is 0 Å². The van der Waals surface area contributed by atoms with Gasteiger partial charge in [-0.3, -0.25) is 9.10 Å². The van der Waals surface area contributed by atoms with Crippen molar-refractivity contribution in [3.63, 3.8) is 0 Å². The Labute approximate surface area is 149 Å². The first-order chi connectivity index (χ1) is 11.8. The van der Waals surface area contributed by atoms with E-state index >= 15 is 0 Å². The molecule has 0 heterocycles. The van der Waals surface area contributed by atoms with Gasteiger partial charge in [-0.05, 0) is 30.0 Å². The predicted octanol–water partition coefficient (Wildman–Crippen LogP) is 2.68. The lowest BCUT2D eigenvalue weighted by Gasteiger charge is -2.24. The van der Waals surface area contributed by atoms with E-state index in [2.05, 4.69) is 5.32 Å². The molecule has 5 nitrogen and oxygen atoms in total. The largest absolute Gasteiger partial charge is 0.354 e. The zero-order valence-corrected chi connectivity index (χ0v) is 15.6. The van der Waals surface area contributed by atoms with Crippen LogP contribution in [0.15, 0.2) is 54.6 Å². The maximum atomic E-state index is 12.3. The molecule has 1 amide bonds. The predicted molar refractivity (Wildman–Crippen MR) is 101 cm³/mol. The highest BCUT2D eigenvalue weighted by Crippen LogP contribution is 2.21. The van der Waals surface area contributed by atoms with Gasteiger partial charge in [-0.15, -0.1) is 0 Å². The third-order valence-electron chi connectivity index (χ3n) is 4.05. The Hall–Kier alpha value is -2.34. The Morgan fingerprint density at radius 3 is 2.28 bits per heavy atom. The molecule has 2 aromatic rings. The van der Waals surface area contributed by atoms with E-state index in [1.807, 2.05) is 56.3 Å². The van der Waals surface area contributed by atoms with Crippen LogP contribution in [-0.2, 0) is 14.8 Å². The van der Waals surface area contributed by atoms with Crippen molar-refractivity contribution in [2.24, 2.45) is 0 Å². The summed E-state index contributed by atoms with van der Waals surface area (Å²) in [6.07, 6.45) is 1.11. The molecule has 0 saturated carbocycles. The zero-order valence-electron chi connectivity index (χ0n) is 14.8. The van der Waals surface area contributed by atoms with Crippen LogP contribution in [0, 0.1) is 6.92 Å². The van der Waals surface area contributed by atoms with Gasteiger partial charge in [0.1, 0.15) is 6.54 Å². The summed E-state index contributed by atoms with van der Waals surface area (Å²) in [5.41, 5.74) is 2.45. The number of carbonyl (C=O) groups excluding carboxylic acids is 1. The molecule has 0 aliphatic rings. The molecule has 1 N–H and O–H groups in total. The van der Waals surface area contributed by atoms with Crippen molar-refractivity contribution in [1.82, 2.24) is 5.32 Å². The van der Waals surface area contributed by atoms with Crippen LogP contribution in [0.2, 0.25) is 0 Å². The zero-order chi connectivity index (χ0) is 18.4. The fourth-order valence-corrected chi connectivity index (χ4v) is 3.49. The third kappa shape index (κ3) is 5.32. The molecule has 2 rings (SSSR count). The van der Waals surface area contributed by atoms with Crippen molar-refractivity contribution in [3.8, 4) is 0 Å². The normalized spacial score (nSPS) is 12.4. The number of hydrogen-bond donors (Lipinski definition) is 1. The first-order valence-electron chi connectivity index (χ1n) is 8.14. The number of anilines is 1. The lowest BCUT2D eigenvalue weighted by Crippen LogP contribution is -2.41. The molecule has 6 heteroatoms. The van der Waals surface area contributed by atoms with Crippen molar-refractivity contribution in [2.45, 2.75) is 19.8 Å². The highest BCUT2D eigenvalue weighted by atomic mass is 32.2. The molecular formula is C19H24N2O3S. The molecule has 0 bridgehead atoms. The van der Waals surface area contributed by atoms with E-state index in [0.717, 1.165) is 21.7 Å². The van der Waals surface area contributed by atoms with E-state index in [9.17, 15) is 13.2 Å². The molecule has 0 fully saturated rings. The van der Waals surface area contributed by atoms with E-state index in [-0.39, 0.29) is 18.4 Å². The van der Waals surface area contributed by atoms with Crippen molar-refractivity contribution in [3.05, 3.63) is 65.7 Å². The molecule has 1 atom stereocenters. The number of para-hydroxylation sites is 1. The van der Waals surface area contributed by atoms with Crippen LogP contribution in [0.4, 0.5) is 5.69 Å². The molecule has 2 aromatic carbocycles. The van der Waals surface area contributed by atoms with Crippen LogP contribution < -0.4 is 9.62 Å². The smallest absolute Gasteiger partial charge is 0.240 e. The number of sulfonamides is 1. The summed E-state index contributed by atoms with van der Waals surface area (Å²) in [5.74, 6) is -0.174. The number of nitrogens with zero attached hydrogens (tertiary/aromatic N) is 1. The highest BCUT2D eigenvalue weighted by molar-refractivity contribution is 7.92. The minimum Gasteiger partial charge on any atom is -0.354 e. The Bertz CT molecular complexity index is 820. The van der Waals surface area contributed by atoms with Gasteiger partial charge in [0.2, 0.25) is 15.9 Å². The number of amides is 1. The summed E-state index contributed by atoms with van der Waals surface area (Å²) in [5, 5.41) is 2.83. The average molecular weight is 360 g/mol. The standard InChI is InChI=1S/C19H24N2O3S/c1-15-9-7-8-12-18(15)21(25(3,23)24)14-19(22)20-13-16(2)17-10-5-4-6-11-17/h4-12,16H,13-14H2,1-3H3,(H,20,22). The van der Waals surface area contributed by atoms with Gasteiger partial charge in [-0.1, -0.05) is 55.5 Å². The van der Waals surface area contributed by atoms with E-state index in [0.29, 0.717) is 12.2 Å². The van der Waals surface area contributed by atoms with E-state index < -0.39 is 10.0 Å². The molecule has 1 unspecified atom stereocenters. The lowest BCUT2D eigenvalue weighted by molar-refractivity contribution is -0.119. The molecule has 0 spiro atoms. The second-order valence-corrected chi connectivity index (χ2v) is 8.08. The first-order valence-corrected chi connectivity index (χ1v) is 9.99. The van der Waals surface area contributed by atoms with Gasteiger partial charge in [-0.2, -0.15) is 0 Å². The number of aryl methyl sites for hydroxylation is 1. The minimum atomic E-state index is -3.55. The summed E-state index contributed by atoms with van der Waals surface area (Å²) in [4.78, 5) is 12.3. The first kappa shape index (κ1) is 19.0. The number of rotatable bonds is 7. The van der Waals surface area contributed by atoms with Gasteiger partial charge in [0, 0.05) is 6.54 Å². The second kappa shape index (κ2) is 8.16. The molecule has 0 aromatic heterocycles. The Morgan fingerprint density at radius 2 is 1.68 bits per heavy atom. The summed E-state index contributed by atoms with van der Waals surface area (Å²) in [6.45, 7) is 4.06. The summed E-state index contributed by atoms with van der Waals surface area (Å²) >= 11 is 0. The molecule has 0 aliphatic carbocycles. The molecule has 0 saturated heterocycles. The van der Waals surface area contributed by atoms with Gasteiger partial charge in [0.05, 0.1) is 11.9 Å². The van der Waals surface area contributed by atoms with E-state index in [1.165, 1.54) is 0 Å². The maximum absolute atomic E-state index is 12.3. The van der Waals surface area contributed by atoms with Crippen molar-refractivity contribution < 1.29 is 13.2 Å². The van der Waals surface area contributed by atoms with Crippen molar-refractivity contribution >= 4 is 21.6 Å². The summed E-state index contributed by atoms with van der Waals surface area (Å²) in [7, 11) is -3.55. The van der Waals surface area contributed by atoms with Crippen LogP contribution in [0.3, 0.4) is 0 Å². The van der Waals surface area contributed by atoms with Crippen LogP contribution in [-0.4, -0.2) is 33.7 Å². The van der Waals surface area contributed by atoms with Gasteiger partial charge in [0.15, 0.2) is 0 Å². The SMILES string of the molecule is Cc1ccccc1N(CC(=O)NCC(C)c1ccccc1)S(C)(=O)=O. The number of nitrogens with one attached hydrogen (secondary N) is 1. The topological polar surface area (TPSA) is 66.5 Å². The van der Waals surface area contributed by atoms with Crippen LogP contribution in [0.1, 0.15) is 24.0 Å². The van der Waals surface area contributed by atoms with Crippen molar-refractivity contribution in [1.29, 1.82) is 0 Å². The second-order valence-electron chi connectivity index (χ2n) is 6.17. The summed E-state index contributed by atoms with van der Waals surface area (Å²) in [6, 6.07) is 17.0. The Balaban J connectivity index is 2.05. The van der Waals surface area contributed by atoms with Gasteiger partial charge < -0.3 is 5.32 Å². The molecule has 134 valence electrons. The molecule has 0 radical (unpaired) electrons. The number of benzene rings is 2. The fourth-order valence-electron chi connectivity index (χ4n) is 2.58. The molecule has 0 aliphatic heterocycles. The van der Waals surface area contributed by atoms with Crippen LogP contribution >= 0.6 is 0 Å². The maximum Gasteiger partial charge on any atom is 0.240 e. The third-order valence-corrected chi connectivity index (χ3v) is 5.17. The number of hydrogen-bond acceptors (Lipinski definition) is 3. The minimum absolute atomic E-state index is 0.148. The van der Waals surface area contributed by atoms with Gasteiger partial charge in [0.25, 0.3) is 0 Å². The molecular weight excluding hydrogens is 336 g/mol. The van der Waals surface area contributed by atoms with Crippen LogP contribution in [0.25, 0.3) is 0 Å². The Kier molecular flexibility index (Phi) is 6.20. The highest BCUT2D eigenvalue weighted by Gasteiger charge is 2.22. The van der Waals surface area contributed by atoms with E-state index in [4.69, 9.17) is 0 Å². The average Bonchev–Trinajstić information content (AvgIpc) is 2.58. The number of carbonyl (C=O) groups is 1. The fraction of sp³-hybridized carbons (Fsp3) is 0.316. The Morgan fingerprint density at radius 1 is 1.08 bits per heavy atom. The van der Waals surface area contributed by atoms with Crippen molar-refractivity contribution in [2.75, 3.05) is 23.7 Å². The lowest BCUT2D eigenvalue weighted by atomic mass is 10.0. The van der Waals surface area contributed by atoms with Gasteiger partial charge >= 0.3 is 0 Å². The molecule has 25 heavy (non-hydrogen) atoms. The van der Waals surface area contributed by atoms with E-state index in [1.54, 1.807) is 12.1 Å².